The van der Waals surface area contributed by atoms with Crippen molar-refractivity contribution in [3.05, 3.63) is 6.07 Å². The Hall–Kier alpha value is -0.770. The lowest BCUT2D eigenvalue weighted by atomic mass is 9.78. The van der Waals surface area contributed by atoms with Gasteiger partial charge in [0.2, 0.25) is 0 Å². The fourth-order valence-corrected chi connectivity index (χ4v) is 3.31. The van der Waals surface area contributed by atoms with E-state index >= 15 is 0 Å². The highest BCUT2D eigenvalue weighted by molar-refractivity contribution is 7.10. The molecule has 1 aromatic rings. The summed E-state index contributed by atoms with van der Waals surface area (Å²) in [4.78, 5) is 0. The van der Waals surface area contributed by atoms with Crippen molar-refractivity contribution in [2.45, 2.75) is 45.6 Å². The fraction of sp³-hybridized carbons (Fsp3) is 0.750. The summed E-state index contributed by atoms with van der Waals surface area (Å²) in [5.74, 6) is 2.17. The molecule has 2 rings (SSSR count). The van der Waals surface area contributed by atoms with E-state index in [0.29, 0.717) is 11.9 Å². The number of nitrogens with one attached hydrogen (secondary N) is 1. The Kier molecular flexibility index (Phi) is 3.69. The SMILES string of the molecule is CC(C)C1CCCCC1Nc1cc(N)ns1. The highest BCUT2D eigenvalue weighted by Gasteiger charge is 2.27. The van der Waals surface area contributed by atoms with E-state index in [1.54, 1.807) is 0 Å². The van der Waals surface area contributed by atoms with Gasteiger partial charge in [-0.05, 0) is 36.2 Å². The lowest BCUT2D eigenvalue weighted by Gasteiger charge is -2.35. The summed E-state index contributed by atoms with van der Waals surface area (Å²) in [5, 5.41) is 4.73. The van der Waals surface area contributed by atoms with E-state index in [-0.39, 0.29) is 0 Å². The van der Waals surface area contributed by atoms with Crippen LogP contribution in [0.1, 0.15) is 39.5 Å². The molecule has 3 nitrogen and oxygen atoms in total. The molecular weight excluding hydrogens is 218 g/mol. The maximum Gasteiger partial charge on any atom is 0.139 e. The number of nitrogens with zero attached hydrogens (tertiary/aromatic N) is 1. The van der Waals surface area contributed by atoms with E-state index in [4.69, 9.17) is 5.73 Å². The molecule has 0 radical (unpaired) electrons. The molecule has 3 N–H and O–H groups in total. The summed E-state index contributed by atoms with van der Waals surface area (Å²) in [5.41, 5.74) is 5.64. The minimum atomic E-state index is 0.605. The first-order valence-electron chi connectivity index (χ1n) is 6.15. The van der Waals surface area contributed by atoms with Gasteiger partial charge in [-0.3, -0.25) is 0 Å². The Morgan fingerprint density at radius 2 is 2.19 bits per heavy atom. The standard InChI is InChI=1S/C12H21N3S/c1-8(2)9-5-3-4-6-10(9)14-12-7-11(13)15-16-12/h7-10,14H,3-6H2,1-2H3,(H2,13,15). The average Bonchev–Trinajstić information content (AvgIpc) is 2.64. The molecule has 0 spiro atoms. The van der Waals surface area contributed by atoms with Gasteiger partial charge in [0, 0.05) is 12.1 Å². The van der Waals surface area contributed by atoms with Crippen LogP contribution in [0.15, 0.2) is 6.07 Å². The molecule has 90 valence electrons. The van der Waals surface area contributed by atoms with Crippen LogP contribution in [0, 0.1) is 11.8 Å². The number of nitrogen functional groups attached to an aromatic ring is 1. The summed E-state index contributed by atoms with van der Waals surface area (Å²) in [6.45, 7) is 4.65. The summed E-state index contributed by atoms with van der Waals surface area (Å²) in [7, 11) is 0. The van der Waals surface area contributed by atoms with Gasteiger partial charge in [0.15, 0.2) is 0 Å². The summed E-state index contributed by atoms with van der Waals surface area (Å²) >= 11 is 1.47. The molecule has 2 unspecified atom stereocenters. The fourth-order valence-electron chi connectivity index (χ4n) is 2.68. The molecule has 4 heteroatoms. The van der Waals surface area contributed by atoms with Crippen LogP contribution in [-0.2, 0) is 0 Å². The highest BCUT2D eigenvalue weighted by atomic mass is 32.1. The van der Waals surface area contributed by atoms with Crippen molar-refractivity contribution in [2.75, 3.05) is 11.1 Å². The molecule has 0 saturated heterocycles. The normalized spacial score (nSPS) is 25.9. The highest BCUT2D eigenvalue weighted by Crippen LogP contribution is 2.33. The van der Waals surface area contributed by atoms with E-state index in [0.717, 1.165) is 16.8 Å². The van der Waals surface area contributed by atoms with Gasteiger partial charge >= 0.3 is 0 Å². The molecule has 1 aliphatic carbocycles. The molecule has 0 amide bonds. The van der Waals surface area contributed by atoms with E-state index in [1.807, 2.05) is 6.07 Å². The van der Waals surface area contributed by atoms with Crippen molar-refractivity contribution < 1.29 is 0 Å². The van der Waals surface area contributed by atoms with Crippen molar-refractivity contribution >= 4 is 22.4 Å². The van der Waals surface area contributed by atoms with Crippen LogP contribution in [-0.4, -0.2) is 10.4 Å². The molecule has 2 atom stereocenters. The third-order valence-corrected chi connectivity index (χ3v) is 4.27. The van der Waals surface area contributed by atoms with Gasteiger partial charge in [0.25, 0.3) is 0 Å². The number of rotatable bonds is 3. The zero-order chi connectivity index (χ0) is 11.5. The average molecular weight is 239 g/mol. The molecular formula is C12H21N3S. The van der Waals surface area contributed by atoms with Crippen molar-refractivity contribution in [1.82, 2.24) is 4.37 Å². The van der Waals surface area contributed by atoms with Gasteiger partial charge in [-0.25, -0.2) is 0 Å². The van der Waals surface area contributed by atoms with Gasteiger partial charge in [-0.15, -0.1) is 0 Å². The second-order valence-electron chi connectivity index (χ2n) is 5.06. The monoisotopic (exact) mass is 239 g/mol. The molecule has 1 fully saturated rings. The minimum absolute atomic E-state index is 0.605. The zero-order valence-corrected chi connectivity index (χ0v) is 10.9. The van der Waals surface area contributed by atoms with Crippen LogP contribution in [0.4, 0.5) is 10.8 Å². The number of hydrogen-bond donors (Lipinski definition) is 2. The van der Waals surface area contributed by atoms with Gasteiger partial charge in [-0.1, -0.05) is 26.7 Å². The molecule has 1 heterocycles. The Morgan fingerprint density at radius 1 is 1.44 bits per heavy atom. The van der Waals surface area contributed by atoms with Gasteiger partial charge in [0.1, 0.15) is 10.8 Å². The van der Waals surface area contributed by atoms with Crippen LogP contribution in [0.5, 0.6) is 0 Å². The molecule has 0 aromatic carbocycles. The Balaban J connectivity index is 2.01. The van der Waals surface area contributed by atoms with Gasteiger partial charge in [0.05, 0.1) is 0 Å². The van der Waals surface area contributed by atoms with Crippen LogP contribution in [0.2, 0.25) is 0 Å². The van der Waals surface area contributed by atoms with Crippen molar-refractivity contribution in [3.63, 3.8) is 0 Å². The quantitative estimate of drug-likeness (QED) is 0.850. The number of aromatic nitrogens is 1. The second kappa shape index (κ2) is 5.04. The van der Waals surface area contributed by atoms with Crippen LogP contribution < -0.4 is 11.1 Å². The number of hydrogen-bond acceptors (Lipinski definition) is 4. The van der Waals surface area contributed by atoms with Gasteiger partial charge < -0.3 is 11.1 Å². The summed E-state index contributed by atoms with van der Waals surface area (Å²) < 4.78 is 4.11. The predicted octanol–water partition coefficient (Wildman–Crippen LogP) is 3.35. The molecule has 1 aliphatic rings. The number of anilines is 2. The Labute approximate surface area is 102 Å². The maximum atomic E-state index is 5.64. The van der Waals surface area contributed by atoms with Crippen LogP contribution in [0.25, 0.3) is 0 Å². The lowest BCUT2D eigenvalue weighted by molar-refractivity contribution is 0.254. The van der Waals surface area contributed by atoms with Crippen molar-refractivity contribution in [2.24, 2.45) is 11.8 Å². The molecule has 16 heavy (non-hydrogen) atoms. The first-order valence-corrected chi connectivity index (χ1v) is 6.93. The van der Waals surface area contributed by atoms with E-state index in [1.165, 1.54) is 37.2 Å². The van der Waals surface area contributed by atoms with Crippen LogP contribution >= 0.6 is 11.5 Å². The first-order chi connectivity index (χ1) is 7.66. The topological polar surface area (TPSA) is 50.9 Å². The Morgan fingerprint density at radius 3 is 2.81 bits per heavy atom. The minimum Gasteiger partial charge on any atom is -0.383 e. The molecule has 0 bridgehead atoms. The third-order valence-electron chi connectivity index (χ3n) is 3.53. The van der Waals surface area contributed by atoms with E-state index < -0.39 is 0 Å². The van der Waals surface area contributed by atoms with Gasteiger partial charge in [-0.2, -0.15) is 4.37 Å². The van der Waals surface area contributed by atoms with E-state index in [9.17, 15) is 0 Å². The number of nitrogens with two attached hydrogens (primary N) is 1. The predicted molar refractivity (Wildman–Crippen MR) is 70.7 cm³/mol. The Bertz CT molecular complexity index is 335. The largest absolute Gasteiger partial charge is 0.383 e. The second-order valence-corrected chi connectivity index (χ2v) is 5.86. The molecule has 1 saturated carbocycles. The maximum absolute atomic E-state index is 5.64. The molecule has 0 aliphatic heterocycles. The summed E-state index contributed by atoms with van der Waals surface area (Å²) in [6, 6.07) is 2.55. The smallest absolute Gasteiger partial charge is 0.139 e. The van der Waals surface area contributed by atoms with Crippen molar-refractivity contribution in [1.29, 1.82) is 0 Å². The lowest BCUT2D eigenvalue weighted by Crippen LogP contribution is -2.34. The van der Waals surface area contributed by atoms with Crippen LogP contribution in [0.3, 0.4) is 0 Å². The zero-order valence-electron chi connectivity index (χ0n) is 10.1. The summed E-state index contributed by atoms with van der Waals surface area (Å²) in [6.07, 6.45) is 5.35. The van der Waals surface area contributed by atoms with Crippen molar-refractivity contribution in [3.8, 4) is 0 Å². The van der Waals surface area contributed by atoms with E-state index in [2.05, 4.69) is 23.5 Å². The first kappa shape index (κ1) is 11.7. The third kappa shape index (κ3) is 2.67. The molecule has 1 aromatic heterocycles.